The zero-order valence-corrected chi connectivity index (χ0v) is 11.0. The summed E-state index contributed by atoms with van der Waals surface area (Å²) in [6, 6.07) is 3.79. The minimum Gasteiger partial charge on any atom is -0.505 e. The van der Waals surface area contributed by atoms with Gasteiger partial charge in [-0.2, -0.15) is 13.2 Å². The van der Waals surface area contributed by atoms with Gasteiger partial charge in [0.2, 0.25) is 0 Å². The van der Waals surface area contributed by atoms with Crippen LogP contribution in [-0.2, 0) is 6.18 Å². The Morgan fingerprint density at radius 1 is 1.29 bits per heavy atom. The molecule has 1 aromatic carbocycles. The quantitative estimate of drug-likeness (QED) is 0.887. The number of hydrogen-bond acceptors (Lipinski definition) is 3. The molecule has 0 aliphatic carbocycles. The molecule has 1 aromatic heterocycles. The number of benzene rings is 1. The summed E-state index contributed by atoms with van der Waals surface area (Å²) in [7, 11) is 0. The molecule has 0 aliphatic heterocycles. The van der Waals surface area contributed by atoms with E-state index in [0.717, 1.165) is 24.4 Å². The van der Waals surface area contributed by atoms with E-state index < -0.39 is 23.4 Å². The summed E-state index contributed by atoms with van der Waals surface area (Å²) in [5.41, 5.74) is -1.27. The lowest BCUT2D eigenvalue weighted by Gasteiger charge is -2.12. The molecular weight excluding hydrogens is 309 g/mol. The maximum atomic E-state index is 12.6. The number of hydrogen-bond donors (Lipinski definition) is 2. The van der Waals surface area contributed by atoms with Crippen LogP contribution in [0.15, 0.2) is 36.7 Å². The van der Waals surface area contributed by atoms with Gasteiger partial charge in [0.1, 0.15) is 5.75 Å². The van der Waals surface area contributed by atoms with Crippen molar-refractivity contribution in [3.05, 3.63) is 52.8 Å². The monoisotopic (exact) mass is 316 g/mol. The first-order valence-corrected chi connectivity index (χ1v) is 5.98. The Kier molecular flexibility index (Phi) is 4.04. The molecule has 8 heteroatoms. The molecular formula is C13H8ClF3N2O2. The van der Waals surface area contributed by atoms with E-state index in [1.165, 1.54) is 12.3 Å². The highest BCUT2D eigenvalue weighted by Crippen LogP contribution is 2.34. The van der Waals surface area contributed by atoms with E-state index in [9.17, 15) is 23.1 Å². The summed E-state index contributed by atoms with van der Waals surface area (Å²) in [6.07, 6.45) is -2.24. The number of carbonyl (C=O) groups is 1. The molecule has 0 unspecified atom stereocenters. The van der Waals surface area contributed by atoms with E-state index in [2.05, 4.69) is 10.3 Å². The van der Waals surface area contributed by atoms with Crippen LogP contribution in [0.4, 0.5) is 18.9 Å². The number of nitrogens with one attached hydrogen (secondary N) is 1. The molecule has 0 fully saturated rings. The van der Waals surface area contributed by atoms with Crippen molar-refractivity contribution in [2.75, 3.05) is 5.32 Å². The number of halogens is 4. The van der Waals surface area contributed by atoms with Gasteiger partial charge in [-0.3, -0.25) is 9.78 Å². The smallest absolute Gasteiger partial charge is 0.416 e. The maximum absolute atomic E-state index is 12.6. The fraction of sp³-hybridized carbons (Fsp3) is 0.0769. The number of aromatic nitrogens is 1. The van der Waals surface area contributed by atoms with Crippen LogP contribution in [0.5, 0.6) is 5.75 Å². The number of nitrogens with zero attached hydrogens (tertiary/aromatic N) is 1. The van der Waals surface area contributed by atoms with Crippen molar-refractivity contribution in [2.24, 2.45) is 0 Å². The molecule has 2 N–H and O–H groups in total. The number of rotatable bonds is 2. The normalized spacial score (nSPS) is 11.2. The van der Waals surface area contributed by atoms with E-state index in [1.54, 1.807) is 0 Å². The molecule has 0 saturated heterocycles. The predicted octanol–water partition coefficient (Wildman–Crippen LogP) is 3.71. The van der Waals surface area contributed by atoms with E-state index >= 15 is 0 Å². The number of amides is 1. The Balaban J connectivity index is 2.31. The van der Waals surface area contributed by atoms with Gasteiger partial charge in [0.15, 0.2) is 0 Å². The highest BCUT2D eigenvalue weighted by Gasteiger charge is 2.31. The summed E-state index contributed by atoms with van der Waals surface area (Å²) >= 11 is 5.76. The van der Waals surface area contributed by atoms with Crippen LogP contribution in [0, 0.1) is 0 Å². The highest BCUT2D eigenvalue weighted by molar-refractivity contribution is 6.34. The van der Waals surface area contributed by atoms with Crippen molar-refractivity contribution < 1.29 is 23.1 Å². The number of carbonyl (C=O) groups excluding carboxylic acids is 1. The highest BCUT2D eigenvalue weighted by atomic mass is 35.5. The molecule has 2 aromatic rings. The molecule has 110 valence electrons. The number of aromatic hydroxyl groups is 1. The SMILES string of the molecule is O=C(Nc1cc(C(F)(F)F)ccc1Cl)c1ccncc1O. The first-order valence-electron chi connectivity index (χ1n) is 5.60. The van der Waals surface area contributed by atoms with Crippen LogP contribution in [0.3, 0.4) is 0 Å². The molecule has 1 heterocycles. The number of alkyl halides is 3. The second kappa shape index (κ2) is 5.61. The zero-order valence-electron chi connectivity index (χ0n) is 10.3. The largest absolute Gasteiger partial charge is 0.505 e. The lowest BCUT2D eigenvalue weighted by molar-refractivity contribution is -0.137. The third-order valence-electron chi connectivity index (χ3n) is 2.59. The molecule has 21 heavy (non-hydrogen) atoms. The first-order chi connectivity index (χ1) is 9.79. The molecule has 4 nitrogen and oxygen atoms in total. The molecule has 0 radical (unpaired) electrons. The van der Waals surface area contributed by atoms with E-state index in [-0.39, 0.29) is 16.3 Å². The van der Waals surface area contributed by atoms with Crippen LogP contribution in [0.1, 0.15) is 15.9 Å². The van der Waals surface area contributed by atoms with Crippen molar-refractivity contribution in [3.63, 3.8) is 0 Å². The molecule has 0 atom stereocenters. The zero-order chi connectivity index (χ0) is 15.6. The molecule has 2 rings (SSSR count). The van der Waals surface area contributed by atoms with Crippen LogP contribution < -0.4 is 5.32 Å². The minimum atomic E-state index is -4.55. The van der Waals surface area contributed by atoms with Crippen LogP contribution in [-0.4, -0.2) is 16.0 Å². The third kappa shape index (κ3) is 3.43. The number of anilines is 1. The average Bonchev–Trinajstić information content (AvgIpc) is 2.40. The summed E-state index contributed by atoms with van der Waals surface area (Å²) in [5, 5.41) is 11.6. The van der Waals surface area contributed by atoms with Crippen molar-refractivity contribution in [2.45, 2.75) is 6.18 Å². The van der Waals surface area contributed by atoms with Crippen molar-refractivity contribution in [3.8, 4) is 5.75 Å². The number of pyridine rings is 1. The first kappa shape index (κ1) is 15.1. The third-order valence-corrected chi connectivity index (χ3v) is 2.92. The standard InChI is InChI=1S/C13H8ClF3N2O2/c14-9-2-1-7(13(15,16)17)5-10(9)19-12(21)8-3-4-18-6-11(8)20/h1-6,20H,(H,19,21). The molecule has 1 amide bonds. The summed E-state index contributed by atoms with van der Waals surface area (Å²) in [5.74, 6) is -1.19. The van der Waals surface area contributed by atoms with E-state index in [4.69, 9.17) is 11.6 Å². The molecule has 0 saturated carbocycles. The van der Waals surface area contributed by atoms with E-state index in [0.29, 0.717) is 0 Å². The topological polar surface area (TPSA) is 62.2 Å². The Hall–Kier alpha value is -2.28. The van der Waals surface area contributed by atoms with Gasteiger partial charge < -0.3 is 10.4 Å². The van der Waals surface area contributed by atoms with Gasteiger partial charge in [-0.1, -0.05) is 11.6 Å². The second-order valence-corrected chi connectivity index (χ2v) is 4.45. The average molecular weight is 317 g/mol. The Labute approximate surface area is 122 Å². The van der Waals surface area contributed by atoms with Crippen LogP contribution >= 0.6 is 11.6 Å². The Morgan fingerprint density at radius 3 is 2.62 bits per heavy atom. The summed E-state index contributed by atoms with van der Waals surface area (Å²) < 4.78 is 37.9. The van der Waals surface area contributed by atoms with Gasteiger partial charge in [0.05, 0.1) is 28.0 Å². The van der Waals surface area contributed by atoms with Crippen molar-refractivity contribution in [1.82, 2.24) is 4.98 Å². The molecule has 0 aliphatic rings. The van der Waals surface area contributed by atoms with Gasteiger partial charge in [-0.05, 0) is 24.3 Å². The predicted molar refractivity (Wildman–Crippen MR) is 70.3 cm³/mol. The maximum Gasteiger partial charge on any atom is 0.416 e. The van der Waals surface area contributed by atoms with Crippen LogP contribution in [0.2, 0.25) is 5.02 Å². The van der Waals surface area contributed by atoms with E-state index in [1.807, 2.05) is 0 Å². The lowest BCUT2D eigenvalue weighted by atomic mass is 10.1. The second-order valence-electron chi connectivity index (χ2n) is 4.04. The van der Waals surface area contributed by atoms with Gasteiger partial charge in [-0.25, -0.2) is 0 Å². The fourth-order valence-corrected chi connectivity index (χ4v) is 1.73. The van der Waals surface area contributed by atoms with Crippen LogP contribution in [0.25, 0.3) is 0 Å². The minimum absolute atomic E-state index is 0.0510. The summed E-state index contributed by atoms with van der Waals surface area (Å²) in [4.78, 5) is 15.5. The van der Waals surface area contributed by atoms with Gasteiger partial charge >= 0.3 is 6.18 Å². The fourth-order valence-electron chi connectivity index (χ4n) is 1.57. The Bertz CT molecular complexity index is 689. The summed E-state index contributed by atoms with van der Waals surface area (Å²) in [6.45, 7) is 0. The molecule has 0 spiro atoms. The Morgan fingerprint density at radius 2 is 2.00 bits per heavy atom. The van der Waals surface area contributed by atoms with Gasteiger partial charge in [0.25, 0.3) is 5.91 Å². The van der Waals surface area contributed by atoms with Gasteiger partial charge in [0, 0.05) is 6.20 Å². The van der Waals surface area contributed by atoms with Crippen molar-refractivity contribution >= 4 is 23.2 Å². The van der Waals surface area contributed by atoms with Gasteiger partial charge in [-0.15, -0.1) is 0 Å². The lowest BCUT2D eigenvalue weighted by Crippen LogP contribution is -2.14. The van der Waals surface area contributed by atoms with Crippen molar-refractivity contribution in [1.29, 1.82) is 0 Å². The molecule has 0 bridgehead atoms.